The van der Waals surface area contributed by atoms with Gasteiger partial charge in [0.2, 0.25) is 0 Å². The van der Waals surface area contributed by atoms with Crippen LogP contribution in [-0.4, -0.2) is 0 Å². The van der Waals surface area contributed by atoms with E-state index in [-0.39, 0.29) is 0 Å². The van der Waals surface area contributed by atoms with Crippen LogP contribution >= 0.6 is 11.3 Å². The van der Waals surface area contributed by atoms with E-state index in [2.05, 4.69) is 84.9 Å². The van der Waals surface area contributed by atoms with Gasteiger partial charge >= 0.3 is 0 Å². The summed E-state index contributed by atoms with van der Waals surface area (Å²) in [6.07, 6.45) is 1.03. The first-order chi connectivity index (χ1) is 13.9. The third-order valence-corrected chi connectivity index (χ3v) is 7.43. The molecule has 1 aromatic heterocycles. The Morgan fingerprint density at radius 2 is 1.29 bits per heavy atom. The number of hydrogen-bond acceptors (Lipinski definition) is 1. The van der Waals surface area contributed by atoms with Gasteiger partial charge in [-0.3, -0.25) is 0 Å². The van der Waals surface area contributed by atoms with Crippen LogP contribution in [0.2, 0.25) is 0 Å². The van der Waals surface area contributed by atoms with Crippen molar-refractivity contribution >= 4 is 53.1 Å². The first-order valence-electron chi connectivity index (χ1n) is 9.76. The molecule has 1 heterocycles. The fourth-order valence-corrected chi connectivity index (χ4v) is 6.28. The van der Waals surface area contributed by atoms with Crippen LogP contribution in [0.15, 0.2) is 84.9 Å². The molecule has 0 atom stereocenters. The van der Waals surface area contributed by atoms with Crippen molar-refractivity contribution in [2.45, 2.75) is 6.42 Å². The van der Waals surface area contributed by atoms with Gasteiger partial charge in [0, 0.05) is 20.2 Å². The zero-order valence-corrected chi connectivity index (χ0v) is 16.0. The van der Waals surface area contributed by atoms with E-state index in [0.717, 1.165) is 6.42 Å². The van der Waals surface area contributed by atoms with Gasteiger partial charge in [0.05, 0.1) is 0 Å². The standard InChI is InChI=1S/C27H16S/c1-2-8-17-16(7-1)15-22-20-13-14-24-27(21-11-5-6-12-23(21)28-24)26(20)19-10-4-3-9-18(19)25(17)22/h1-14H,15H2. The van der Waals surface area contributed by atoms with E-state index in [9.17, 15) is 0 Å². The van der Waals surface area contributed by atoms with Crippen LogP contribution in [0.3, 0.4) is 0 Å². The fraction of sp³-hybridized carbons (Fsp3) is 0.0370. The lowest BCUT2D eigenvalue weighted by atomic mass is 9.89. The summed E-state index contributed by atoms with van der Waals surface area (Å²) >= 11 is 1.91. The number of rotatable bonds is 0. The van der Waals surface area contributed by atoms with E-state index in [4.69, 9.17) is 0 Å². The second kappa shape index (κ2) is 5.21. The highest BCUT2D eigenvalue weighted by Gasteiger charge is 2.24. The van der Waals surface area contributed by atoms with Gasteiger partial charge in [0.1, 0.15) is 0 Å². The van der Waals surface area contributed by atoms with Gasteiger partial charge in [0.25, 0.3) is 0 Å². The zero-order valence-electron chi connectivity index (χ0n) is 15.2. The molecule has 0 amide bonds. The van der Waals surface area contributed by atoms with Gasteiger partial charge in [-0.25, -0.2) is 0 Å². The van der Waals surface area contributed by atoms with E-state index >= 15 is 0 Å². The molecule has 0 nitrogen and oxygen atoms in total. The van der Waals surface area contributed by atoms with Crippen molar-refractivity contribution in [1.82, 2.24) is 0 Å². The first kappa shape index (κ1) is 14.8. The molecule has 7 rings (SSSR count). The molecule has 6 aromatic rings. The predicted octanol–water partition coefficient (Wildman–Crippen LogP) is 7.93. The molecule has 1 aliphatic carbocycles. The van der Waals surface area contributed by atoms with Crippen LogP contribution in [0.4, 0.5) is 0 Å². The fourth-order valence-electron chi connectivity index (χ4n) is 5.16. The summed E-state index contributed by atoms with van der Waals surface area (Å²) in [5.41, 5.74) is 5.79. The van der Waals surface area contributed by atoms with E-state index in [1.807, 2.05) is 11.3 Å². The molecule has 130 valence electrons. The van der Waals surface area contributed by atoms with Crippen molar-refractivity contribution in [1.29, 1.82) is 0 Å². The number of hydrogen-bond donors (Lipinski definition) is 0. The largest absolute Gasteiger partial charge is 0.135 e. The minimum atomic E-state index is 1.03. The molecule has 0 fully saturated rings. The molecular weight excluding hydrogens is 356 g/mol. The summed E-state index contributed by atoms with van der Waals surface area (Å²) in [4.78, 5) is 0. The molecule has 1 aliphatic rings. The Bertz CT molecular complexity index is 1580. The minimum Gasteiger partial charge on any atom is -0.135 e. The molecule has 0 aliphatic heterocycles. The van der Waals surface area contributed by atoms with Crippen LogP contribution in [-0.2, 0) is 6.42 Å². The van der Waals surface area contributed by atoms with Crippen molar-refractivity contribution in [2.75, 3.05) is 0 Å². The number of benzene rings is 5. The summed E-state index contributed by atoms with van der Waals surface area (Å²) in [6.45, 7) is 0. The zero-order chi connectivity index (χ0) is 18.2. The lowest BCUT2D eigenvalue weighted by Crippen LogP contribution is -1.88. The van der Waals surface area contributed by atoms with E-state index in [1.165, 1.54) is 64.0 Å². The molecule has 0 radical (unpaired) electrons. The Kier molecular flexibility index (Phi) is 2.76. The lowest BCUT2D eigenvalue weighted by Gasteiger charge is -2.13. The second-order valence-corrected chi connectivity index (χ2v) is 8.78. The maximum Gasteiger partial charge on any atom is 0.0362 e. The quantitative estimate of drug-likeness (QED) is 0.237. The van der Waals surface area contributed by atoms with E-state index in [1.54, 1.807) is 0 Å². The Morgan fingerprint density at radius 1 is 0.536 bits per heavy atom. The average Bonchev–Trinajstić information content (AvgIpc) is 3.32. The SMILES string of the molecule is c1ccc2c(c1)Cc1c-2c2ccccc2c2c1ccc1sc3ccccc3c12. The van der Waals surface area contributed by atoms with Gasteiger partial charge < -0.3 is 0 Å². The van der Waals surface area contributed by atoms with Crippen molar-refractivity contribution in [2.24, 2.45) is 0 Å². The van der Waals surface area contributed by atoms with Gasteiger partial charge in [-0.05, 0) is 62.4 Å². The molecule has 0 saturated heterocycles. The monoisotopic (exact) mass is 372 g/mol. The molecule has 1 heteroatoms. The van der Waals surface area contributed by atoms with Gasteiger partial charge in [-0.2, -0.15) is 0 Å². The minimum absolute atomic E-state index is 1.03. The summed E-state index contributed by atoms with van der Waals surface area (Å²) < 4.78 is 2.76. The molecule has 0 N–H and O–H groups in total. The number of fused-ring (bicyclic) bond motifs is 12. The van der Waals surface area contributed by atoms with Gasteiger partial charge in [0.15, 0.2) is 0 Å². The van der Waals surface area contributed by atoms with Crippen LogP contribution < -0.4 is 0 Å². The van der Waals surface area contributed by atoms with E-state index in [0.29, 0.717) is 0 Å². The summed E-state index contributed by atoms with van der Waals surface area (Å²) in [5.74, 6) is 0. The summed E-state index contributed by atoms with van der Waals surface area (Å²) in [7, 11) is 0. The molecule has 0 bridgehead atoms. The highest BCUT2D eigenvalue weighted by Crippen LogP contribution is 2.49. The smallest absolute Gasteiger partial charge is 0.0362 e. The van der Waals surface area contributed by atoms with Crippen LogP contribution in [0.1, 0.15) is 11.1 Å². The topological polar surface area (TPSA) is 0 Å². The maximum absolute atomic E-state index is 2.37. The van der Waals surface area contributed by atoms with Crippen LogP contribution in [0, 0.1) is 0 Å². The lowest BCUT2D eigenvalue weighted by molar-refractivity contribution is 1.29. The van der Waals surface area contributed by atoms with Crippen LogP contribution in [0.25, 0.3) is 52.8 Å². The van der Waals surface area contributed by atoms with Crippen molar-refractivity contribution in [3.8, 4) is 11.1 Å². The Morgan fingerprint density at radius 3 is 2.21 bits per heavy atom. The van der Waals surface area contributed by atoms with Crippen molar-refractivity contribution in [3.05, 3.63) is 96.1 Å². The maximum atomic E-state index is 2.37. The number of thiophene rings is 1. The normalized spacial score (nSPS) is 12.9. The third kappa shape index (κ3) is 1.75. The van der Waals surface area contributed by atoms with Gasteiger partial charge in [-0.15, -0.1) is 11.3 Å². The van der Waals surface area contributed by atoms with Gasteiger partial charge in [-0.1, -0.05) is 72.8 Å². The predicted molar refractivity (Wildman–Crippen MR) is 123 cm³/mol. The van der Waals surface area contributed by atoms with E-state index < -0.39 is 0 Å². The summed E-state index contributed by atoms with van der Waals surface area (Å²) in [5, 5.41) is 8.42. The first-order valence-corrected chi connectivity index (χ1v) is 10.6. The summed E-state index contributed by atoms with van der Waals surface area (Å²) in [6, 6.07) is 31.4. The highest BCUT2D eigenvalue weighted by atomic mass is 32.1. The second-order valence-electron chi connectivity index (χ2n) is 7.69. The highest BCUT2D eigenvalue weighted by molar-refractivity contribution is 7.26. The molecule has 0 spiro atoms. The Labute approximate surface area is 166 Å². The third-order valence-electron chi connectivity index (χ3n) is 6.29. The Balaban J connectivity index is 1.80. The Hall–Kier alpha value is -3.16. The molecule has 0 unspecified atom stereocenters. The molecule has 0 saturated carbocycles. The average molecular weight is 372 g/mol. The molecule has 5 aromatic carbocycles. The van der Waals surface area contributed by atoms with Crippen molar-refractivity contribution < 1.29 is 0 Å². The van der Waals surface area contributed by atoms with Crippen LogP contribution in [0.5, 0.6) is 0 Å². The molecule has 28 heavy (non-hydrogen) atoms. The van der Waals surface area contributed by atoms with Crippen molar-refractivity contribution in [3.63, 3.8) is 0 Å². The molecular formula is C27H16S.